The van der Waals surface area contributed by atoms with Crippen molar-refractivity contribution in [3.05, 3.63) is 30.1 Å². The lowest BCUT2D eigenvalue weighted by molar-refractivity contribution is -0.119. The zero-order valence-corrected chi connectivity index (χ0v) is 12.8. The number of benzene rings is 1. The van der Waals surface area contributed by atoms with Crippen LogP contribution in [-0.4, -0.2) is 27.4 Å². The number of rotatable bonds is 4. The quantitative estimate of drug-likeness (QED) is 0.880. The number of nitrogens with one attached hydrogen (secondary N) is 1. The van der Waals surface area contributed by atoms with Gasteiger partial charge >= 0.3 is 0 Å². The molecule has 0 radical (unpaired) electrons. The predicted molar refractivity (Wildman–Crippen MR) is 78.3 cm³/mol. The van der Waals surface area contributed by atoms with Crippen molar-refractivity contribution >= 4 is 17.7 Å². The fourth-order valence-electron chi connectivity index (χ4n) is 1.59. The van der Waals surface area contributed by atoms with Crippen molar-refractivity contribution in [3.8, 4) is 11.5 Å². The van der Waals surface area contributed by atoms with Gasteiger partial charge in [0.05, 0.1) is 5.75 Å². The van der Waals surface area contributed by atoms with Crippen molar-refractivity contribution < 1.29 is 13.6 Å². The summed E-state index contributed by atoms with van der Waals surface area (Å²) in [5.74, 6) is -0.0714. The van der Waals surface area contributed by atoms with Crippen LogP contribution in [0.4, 0.5) is 4.39 Å². The van der Waals surface area contributed by atoms with Crippen LogP contribution in [0.25, 0.3) is 11.5 Å². The average molecular weight is 309 g/mol. The third kappa shape index (κ3) is 4.86. The molecule has 1 aromatic carbocycles. The molecule has 0 unspecified atom stereocenters. The molecule has 0 fully saturated rings. The van der Waals surface area contributed by atoms with Gasteiger partial charge in [-0.3, -0.25) is 4.79 Å². The van der Waals surface area contributed by atoms with Gasteiger partial charge in [0.2, 0.25) is 11.8 Å². The summed E-state index contributed by atoms with van der Waals surface area (Å²) in [7, 11) is 0. The summed E-state index contributed by atoms with van der Waals surface area (Å²) in [6.07, 6.45) is 0. The third-order valence-electron chi connectivity index (χ3n) is 2.32. The predicted octanol–water partition coefficient (Wildman–Crippen LogP) is 2.88. The molecule has 1 aromatic heterocycles. The Morgan fingerprint density at radius 2 is 2.14 bits per heavy atom. The van der Waals surface area contributed by atoms with Gasteiger partial charge in [-0.05, 0) is 39.0 Å². The van der Waals surface area contributed by atoms with Crippen LogP contribution in [0.1, 0.15) is 20.8 Å². The standard InChI is InChI=1S/C14H16FN3O2S/c1-14(2,3)16-11(19)8-21-13-18-17-12(20-13)9-5-4-6-10(15)7-9/h4-7H,8H2,1-3H3,(H,16,19). The van der Waals surface area contributed by atoms with Crippen molar-refractivity contribution in [2.24, 2.45) is 0 Å². The highest BCUT2D eigenvalue weighted by atomic mass is 32.2. The SMILES string of the molecule is CC(C)(C)NC(=O)CSc1nnc(-c2cccc(F)c2)o1. The van der Waals surface area contributed by atoms with E-state index in [-0.39, 0.29) is 34.1 Å². The Morgan fingerprint density at radius 1 is 1.38 bits per heavy atom. The second-order valence-corrected chi connectivity index (χ2v) is 6.40. The van der Waals surface area contributed by atoms with E-state index in [1.54, 1.807) is 12.1 Å². The van der Waals surface area contributed by atoms with E-state index in [0.717, 1.165) is 11.8 Å². The maximum Gasteiger partial charge on any atom is 0.277 e. The maximum absolute atomic E-state index is 13.1. The molecule has 1 heterocycles. The molecule has 21 heavy (non-hydrogen) atoms. The molecular weight excluding hydrogens is 293 g/mol. The summed E-state index contributed by atoms with van der Waals surface area (Å²) in [5.41, 5.74) is 0.229. The van der Waals surface area contributed by atoms with Crippen LogP contribution in [0.3, 0.4) is 0 Å². The van der Waals surface area contributed by atoms with E-state index in [1.165, 1.54) is 12.1 Å². The van der Waals surface area contributed by atoms with Gasteiger partial charge in [-0.25, -0.2) is 4.39 Å². The van der Waals surface area contributed by atoms with Crippen LogP contribution in [0.15, 0.2) is 33.9 Å². The van der Waals surface area contributed by atoms with E-state index in [9.17, 15) is 9.18 Å². The molecule has 2 rings (SSSR count). The molecule has 0 saturated carbocycles. The number of carbonyl (C=O) groups excluding carboxylic acids is 1. The van der Waals surface area contributed by atoms with Crippen molar-refractivity contribution in [2.45, 2.75) is 31.5 Å². The number of thioether (sulfide) groups is 1. The smallest absolute Gasteiger partial charge is 0.277 e. The van der Waals surface area contributed by atoms with Crippen LogP contribution in [-0.2, 0) is 4.79 Å². The fourth-order valence-corrected chi connectivity index (χ4v) is 2.15. The normalized spacial score (nSPS) is 11.4. The van der Waals surface area contributed by atoms with E-state index in [4.69, 9.17) is 4.42 Å². The highest BCUT2D eigenvalue weighted by Crippen LogP contribution is 2.23. The Labute approximate surface area is 126 Å². The molecule has 0 aliphatic heterocycles. The van der Waals surface area contributed by atoms with E-state index < -0.39 is 0 Å². The first kappa shape index (κ1) is 15.5. The van der Waals surface area contributed by atoms with Crippen LogP contribution >= 0.6 is 11.8 Å². The molecule has 0 saturated heterocycles. The van der Waals surface area contributed by atoms with Crippen LogP contribution in [0.2, 0.25) is 0 Å². The largest absolute Gasteiger partial charge is 0.411 e. The molecule has 5 nitrogen and oxygen atoms in total. The Morgan fingerprint density at radius 3 is 2.81 bits per heavy atom. The summed E-state index contributed by atoms with van der Waals surface area (Å²) < 4.78 is 18.5. The number of nitrogens with zero attached hydrogens (tertiary/aromatic N) is 2. The van der Waals surface area contributed by atoms with Gasteiger partial charge in [0, 0.05) is 11.1 Å². The molecule has 2 aromatic rings. The Balaban J connectivity index is 1.96. The first-order valence-electron chi connectivity index (χ1n) is 6.37. The van der Waals surface area contributed by atoms with Crippen molar-refractivity contribution in [1.29, 1.82) is 0 Å². The highest BCUT2D eigenvalue weighted by molar-refractivity contribution is 7.99. The van der Waals surface area contributed by atoms with Gasteiger partial charge in [0.25, 0.3) is 5.22 Å². The number of halogens is 1. The zero-order valence-electron chi connectivity index (χ0n) is 12.0. The molecule has 1 amide bonds. The Bertz CT molecular complexity index is 637. The summed E-state index contributed by atoms with van der Waals surface area (Å²) in [6.45, 7) is 5.72. The molecule has 7 heteroatoms. The highest BCUT2D eigenvalue weighted by Gasteiger charge is 2.16. The van der Waals surface area contributed by atoms with Gasteiger partial charge in [-0.15, -0.1) is 10.2 Å². The van der Waals surface area contributed by atoms with Gasteiger partial charge < -0.3 is 9.73 Å². The zero-order chi connectivity index (χ0) is 15.5. The molecule has 0 aliphatic carbocycles. The summed E-state index contributed by atoms with van der Waals surface area (Å²) >= 11 is 1.14. The van der Waals surface area contributed by atoms with Crippen LogP contribution in [0, 0.1) is 5.82 Å². The summed E-state index contributed by atoms with van der Waals surface area (Å²) in [4.78, 5) is 11.7. The topological polar surface area (TPSA) is 68.0 Å². The van der Waals surface area contributed by atoms with Crippen LogP contribution < -0.4 is 5.32 Å². The first-order valence-corrected chi connectivity index (χ1v) is 7.35. The number of carbonyl (C=O) groups is 1. The summed E-state index contributed by atoms with van der Waals surface area (Å²) in [6, 6.07) is 5.90. The number of amides is 1. The van der Waals surface area contributed by atoms with Crippen molar-refractivity contribution in [3.63, 3.8) is 0 Å². The van der Waals surface area contributed by atoms with E-state index in [0.29, 0.717) is 5.56 Å². The molecule has 1 N–H and O–H groups in total. The lowest BCUT2D eigenvalue weighted by Crippen LogP contribution is -2.41. The fraction of sp³-hybridized carbons (Fsp3) is 0.357. The molecule has 0 atom stereocenters. The Hall–Kier alpha value is -1.89. The van der Waals surface area contributed by atoms with Gasteiger partial charge in [-0.2, -0.15) is 0 Å². The lowest BCUT2D eigenvalue weighted by atomic mass is 10.1. The molecular formula is C14H16FN3O2S. The first-order chi connectivity index (χ1) is 9.83. The third-order valence-corrected chi connectivity index (χ3v) is 3.14. The van der Waals surface area contributed by atoms with E-state index in [1.807, 2.05) is 20.8 Å². The molecule has 0 spiro atoms. The summed E-state index contributed by atoms with van der Waals surface area (Å²) in [5, 5.41) is 10.8. The molecule has 0 aliphatic rings. The lowest BCUT2D eigenvalue weighted by Gasteiger charge is -2.19. The molecule has 0 bridgehead atoms. The minimum absolute atomic E-state index is 0.113. The Kier molecular flexibility index (Phi) is 4.62. The second-order valence-electron chi connectivity index (χ2n) is 5.47. The van der Waals surface area contributed by atoms with Crippen molar-refractivity contribution in [1.82, 2.24) is 15.5 Å². The molecule has 112 valence electrons. The second kappa shape index (κ2) is 6.26. The minimum atomic E-state index is -0.371. The maximum atomic E-state index is 13.1. The monoisotopic (exact) mass is 309 g/mol. The average Bonchev–Trinajstić information content (AvgIpc) is 2.83. The number of hydrogen-bond acceptors (Lipinski definition) is 5. The number of aromatic nitrogens is 2. The van der Waals surface area contributed by atoms with Gasteiger partial charge in [0.1, 0.15) is 5.82 Å². The minimum Gasteiger partial charge on any atom is -0.411 e. The van der Waals surface area contributed by atoms with Gasteiger partial charge in [-0.1, -0.05) is 17.8 Å². The van der Waals surface area contributed by atoms with Crippen LogP contribution in [0.5, 0.6) is 0 Å². The van der Waals surface area contributed by atoms with E-state index in [2.05, 4.69) is 15.5 Å². The number of hydrogen-bond donors (Lipinski definition) is 1. The van der Waals surface area contributed by atoms with E-state index >= 15 is 0 Å². The van der Waals surface area contributed by atoms with Gasteiger partial charge in [0.15, 0.2) is 0 Å². The van der Waals surface area contributed by atoms with Crippen molar-refractivity contribution in [2.75, 3.05) is 5.75 Å².